The Kier molecular flexibility index (Phi) is 3.97. The molecule has 5 nitrogen and oxygen atoms in total. The molecule has 0 fully saturated rings. The molecule has 1 aromatic heterocycles. The number of nitrogen functional groups attached to an aromatic ring is 1. The molecular formula is C14H15N3O2. The Balaban J connectivity index is 1.90. The summed E-state index contributed by atoms with van der Waals surface area (Å²) in [4.78, 5) is 15.9. The van der Waals surface area contributed by atoms with E-state index in [0.717, 1.165) is 5.69 Å². The van der Waals surface area contributed by atoms with Crippen LogP contribution in [0.2, 0.25) is 0 Å². The fourth-order valence-corrected chi connectivity index (χ4v) is 1.55. The van der Waals surface area contributed by atoms with Gasteiger partial charge in [0.15, 0.2) is 6.61 Å². The SMILES string of the molecule is Cc1cccc(NC(=O)COc2ccccc2N)n1. The largest absolute Gasteiger partial charge is 0.482 e. The van der Waals surface area contributed by atoms with Gasteiger partial charge in [-0.3, -0.25) is 4.79 Å². The molecule has 0 aliphatic rings. The molecule has 5 heteroatoms. The Bertz CT molecular complexity index is 584. The van der Waals surface area contributed by atoms with Crippen LogP contribution in [0, 0.1) is 6.92 Å². The standard InChI is InChI=1S/C14H15N3O2/c1-10-5-4-8-13(16-10)17-14(18)9-19-12-7-3-2-6-11(12)15/h2-8H,9,15H2,1H3,(H,16,17,18). The van der Waals surface area contributed by atoms with Crippen LogP contribution >= 0.6 is 0 Å². The van der Waals surface area contributed by atoms with Crippen molar-refractivity contribution >= 4 is 17.4 Å². The van der Waals surface area contributed by atoms with Crippen LogP contribution in [0.25, 0.3) is 0 Å². The third-order valence-corrected chi connectivity index (χ3v) is 2.43. The van der Waals surface area contributed by atoms with Crippen LogP contribution in [0.5, 0.6) is 5.75 Å². The molecule has 98 valence electrons. The molecule has 0 radical (unpaired) electrons. The first-order valence-corrected chi connectivity index (χ1v) is 5.86. The molecule has 19 heavy (non-hydrogen) atoms. The van der Waals surface area contributed by atoms with E-state index in [1.165, 1.54) is 0 Å². The Morgan fingerprint density at radius 2 is 2.05 bits per heavy atom. The summed E-state index contributed by atoms with van der Waals surface area (Å²) in [5, 5.41) is 2.66. The smallest absolute Gasteiger partial charge is 0.263 e. The highest BCUT2D eigenvalue weighted by atomic mass is 16.5. The average molecular weight is 257 g/mol. The van der Waals surface area contributed by atoms with Crippen LogP contribution in [-0.2, 0) is 4.79 Å². The molecule has 0 saturated heterocycles. The molecule has 0 unspecified atom stereocenters. The zero-order valence-corrected chi connectivity index (χ0v) is 10.6. The number of aromatic nitrogens is 1. The Hall–Kier alpha value is -2.56. The minimum atomic E-state index is -0.277. The molecule has 0 aliphatic heterocycles. The molecule has 1 aromatic carbocycles. The summed E-state index contributed by atoms with van der Waals surface area (Å²) in [6, 6.07) is 12.4. The third kappa shape index (κ3) is 3.70. The first-order valence-electron chi connectivity index (χ1n) is 5.86. The average Bonchev–Trinajstić information content (AvgIpc) is 2.38. The molecule has 3 N–H and O–H groups in total. The first-order chi connectivity index (χ1) is 9.15. The van der Waals surface area contributed by atoms with E-state index >= 15 is 0 Å². The Labute approximate surface area is 111 Å². The number of aryl methyl sites for hydroxylation is 1. The normalized spacial score (nSPS) is 9.95. The molecule has 1 heterocycles. The van der Waals surface area contributed by atoms with E-state index in [1.54, 1.807) is 30.3 Å². The molecule has 0 aliphatic carbocycles. The van der Waals surface area contributed by atoms with Crippen LogP contribution in [0.15, 0.2) is 42.5 Å². The molecule has 0 bridgehead atoms. The molecule has 0 spiro atoms. The highest BCUT2D eigenvalue weighted by Gasteiger charge is 2.06. The van der Waals surface area contributed by atoms with Gasteiger partial charge in [0.05, 0.1) is 5.69 Å². The maximum atomic E-state index is 11.7. The fourth-order valence-electron chi connectivity index (χ4n) is 1.55. The number of benzene rings is 1. The number of hydrogen-bond acceptors (Lipinski definition) is 4. The minimum Gasteiger partial charge on any atom is -0.482 e. The summed E-state index contributed by atoms with van der Waals surface area (Å²) < 4.78 is 5.34. The summed E-state index contributed by atoms with van der Waals surface area (Å²) in [7, 11) is 0. The number of rotatable bonds is 4. The number of anilines is 2. The van der Waals surface area contributed by atoms with Gasteiger partial charge in [0, 0.05) is 5.69 Å². The van der Waals surface area contributed by atoms with Crippen molar-refractivity contribution in [2.45, 2.75) is 6.92 Å². The van der Waals surface area contributed by atoms with Crippen molar-refractivity contribution in [1.82, 2.24) is 4.98 Å². The number of amides is 1. The lowest BCUT2D eigenvalue weighted by atomic mass is 10.3. The van der Waals surface area contributed by atoms with Crippen LogP contribution in [0.1, 0.15) is 5.69 Å². The van der Waals surface area contributed by atoms with Gasteiger partial charge in [-0.25, -0.2) is 4.98 Å². The van der Waals surface area contributed by atoms with Crippen LogP contribution in [0.3, 0.4) is 0 Å². The summed E-state index contributed by atoms with van der Waals surface area (Å²) in [5.74, 6) is 0.728. The number of pyridine rings is 1. The van der Waals surface area contributed by atoms with Crippen molar-refractivity contribution in [3.63, 3.8) is 0 Å². The fraction of sp³-hybridized carbons (Fsp3) is 0.143. The monoisotopic (exact) mass is 257 g/mol. The lowest BCUT2D eigenvalue weighted by Gasteiger charge is -2.08. The van der Waals surface area contributed by atoms with Crippen LogP contribution in [0.4, 0.5) is 11.5 Å². The number of ether oxygens (including phenoxy) is 1. The van der Waals surface area contributed by atoms with Gasteiger partial charge in [-0.15, -0.1) is 0 Å². The lowest BCUT2D eigenvalue weighted by Crippen LogP contribution is -2.21. The van der Waals surface area contributed by atoms with Crippen LogP contribution in [-0.4, -0.2) is 17.5 Å². The number of nitrogens with one attached hydrogen (secondary N) is 1. The van der Waals surface area contributed by atoms with Gasteiger partial charge in [0.2, 0.25) is 0 Å². The number of hydrogen-bond donors (Lipinski definition) is 2. The lowest BCUT2D eigenvalue weighted by molar-refractivity contribution is -0.118. The zero-order valence-electron chi connectivity index (χ0n) is 10.6. The molecule has 2 rings (SSSR count). The molecule has 2 aromatic rings. The van der Waals surface area contributed by atoms with Crippen molar-refractivity contribution in [3.8, 4) is 5.75 Å². The highest BCUT2D eigenvalue weighted by molar-refractivity contribution is 5.91. The second-order valence-corrected chi connectivity index (χ2v) is 4.04. The van der Waals surface area contributed by atoms with Crippen molar-refractivity contribution in [3.05, 3.63) is 48.2 Å². The summed E-state index contributed by atoms with van der Waals surface area (Å²) in [5.41, 5.74) is 7.05. The van der Waals surface area contributed by atoms with Gasteiger partial charge in [-0.2, -0.15) is 0 Å². The van der Waals surface area contributed by atoms with E-state index in [9.17, 15) is 4.79 Å². The van der Waals surface area contributed by atoms with E-state index < -0.39 is 0 Å². The van der Waals surface area contributed by atoms with Crippen molar-refractivity contribution in [2.75, 3.05) is 17.7 Å². The third-order valence-electron chi connectivity index (χ3n) is 2.43. The number of para-hydroxylation sites is 2. The van der Waals surface area contributed by atoms with Crippen LogP contribution < -0.4 is 15.8 Å². The maximum Gasteiger partial charge on any atom is 0.263 e. The zero-order chi connectivity index (χ0) is 13.7. The predicted molar refractivity (Wildman–Crippen MR) is 74.0 cm³/mol. The number of nitrogens with two attached hydrogens (primary N) is 1. The maximum absolute atomic E-state index is 11.7. The van der Waals surface area contributed by atoms with E-state index in [2.05, 4.69) is 10.3 Å². The number of carbonyl (C=O) groups is 1. The predicted octanol–water partition coefficient (Wildman–Crippen LogP) is 1.99. The van der Waals surface area contributed by atoms with Gasteiger partial charge >= 0.3 is 0 Å². The van der Waals surface area contributed by atoms with Crippen molar-refractivity contribution in [2.24, 2.45) is 0 Å². The second-order valence-electron chi connectivity index (χ2n) is 4.04. The van der Waals surface area contributed by atoms with E-state index in [4.69, 9.17) is 10.5 Å². The number of carbonyl (C=O) groups excluding carboxylic acids is 1. The highest BCUT2D eigenvalue weighted by Crippen LogP contribution is 2.19. The van der Waals surface area contributed by atoms with Gasteiger partial charge in [-0.05, 0) is 31.2 Å². The Morgan fingerprint density at radius 1 is 1.26 bits per heavy atom. The van der Waals surface area contributed by atoms with Gasteiger partial charge in [0.25, 0.3) is 5.91 Å². The molecular weight excluding hydrogens is 242 g/mol. The summed E-state index contributed by atoms with van der Waals surface area (Å²) >= 11 is 0. The van der Waals surface area contributed by atoms with Gasteiger partial charge in [0.1, 0.15) is 11.6 Å². The van der Waals surface area contributed by atoms with Crippen molar-refractivity contribution in [1.29, 1.82) is 0 Å². The molecule has 0 atom stereocenters. The van der Waals surface area contributed by atoms with E-state index in [0.29, 0.717) is 17.3 Å². The molecule has 0 saturated carbocycles. The first kappa shape index (κ1) is 12.9. The topological polar surface area (TPSA) is 77.2 Å². The van der Waals surface area contributed by atoms with Gasteiger partial charge in [-0.1, -0.05) is 18.2 Å². The van der Waals surface area contributed by atoms with Crippen molar-refractivity contribution < 1.29 is 9.53 Å². The van der Waals surface area contributed by atoms with E-state index in [-0.39, 0.29) is 12.5 Å². The molecule has 1 amide bonds. The summed E-state index contributed by atoms with van der Waals surface area (Å²) in [6.07, 6.45) is 0. The van der Waals surface area contributed by atoms with Gasteiger partial charge < -0.3 is 15.8 Å². The minimum absolute atomic E-state index is 0.107. The quantitative estimate of drug-likeness (QED) is 0.821. The Morgan fingerprint density at radius 3 is 2.79 bits per heavy atom. The van der Waals surface area contributed by atoms with E-state index in [1.807, 2.05) is 19.1 Å². The summed E-state index contributed by atoms with van der Waals surface area (Å²) in [6.45, 7) is 1.75. The number of nitrogens with zero attached hydrogens (tertiary/aromatic N) is 1. The second kappa shape index (κ2) is 5.86.